The molecule has 3 aromatic rings. The first kappa shape index (κ1) is 25.6. The van der Waals surface area contributed by atoms with Crippen LogP contribution in [0.1, 0.15) is 23.6 Å². The minimum absolute atomic E-state index is 0.114. The second-order valence-electron chi connectivity index (χ2n) is 8.43. The van der Waals surface area contributed by atoms with Gasteiger partial charge in [-0.3, -0.25) is 0 Å². The highest BCUT2D eigenvalue weighted by atomic mass is 16.6. The zero-order chi connectivity index (χ0) is 25.0. The molecule has 0 saturated carbocycles. The minimum atomic E-state index is -0.567. The van der Waals surface area contributed by atoms with Crippen LogP contribution < -0.4 is 0 Å². The molecule has 1 aliphatic heterocycles. The average molecular weight is 489 g/mol. The molecule has 6 heteroatoms. The Bertz CT molecular complexity index is 1080. The fourth-order valence-corrected chi connectivity index (χ4v) is 3.92. The van der Waals surface area contributed by atoms with Crippen LogP contribution in [0.2, 0.25) is 0 Å². The van der Waals surface area contributed by atoms with Crippen LogP contribution in [0.15, 0.2) is 103 Å². The maximum atomic E-state index is 12.6. The summed E-state index contributed by atoms with van der Waals surface area (Å²) in [6.45, 7) is 3.38. The Morgan fingerprint density at radius 2 is 1.28 bits per heavy atom. The van der Waals surface area contributed by atoms with E-state index in [1.165, 1.54) is 0 Å². The molecule has 6 nitrogen and oxygen atoms in total. The van der Waals surface area contributed by atoms with Gasteiger partial charge in [-0.15, -0.1) is 0 Å². The van der Waals surface area contributed by atoms with Crippen LogP contribution >= 0.6 is 0 Å². The van der Waals surface area contributed by atoms with E-state index in [0.29, 0.717) is 19.8 Å². The molecule has 188 valence electrons. The van der Waals surface area contributed by atoms with Crippen molar-refractivity contribution in [1.29, 1.82) is 0 Å². The van der Waals surface area contributed by atoms with Crippen molar-refractivity contribution in [2.45, 2.75) is 45.1 Å². The Labute approximate surface area is 212 Å². The van der Waals surface area contributed by atoms with Crippen molar-refractivity contribution in [3.05, 3.63) is 120 Å². The number of esters is 1. The summed E-state index contributed by atoms with van der Waals surface area (Å²) in [5, 5.41) is 0. The maximum absolute atomic E-state index is 12.6. The zero-order valence-corrected chi connectivity index (χ0v) is 20.5. The molecule has 3 aromatic carbocycles. The first-order valence-electron chi connectivity index (χ1n) is 12.2. The van der Waals surface area contributed by atoms with Crippen LogP contribution in [-0.2, 0) is 48.3 Å². The van der Waals surface area contributed by atoms with Gasteiger partial charge in [-0.1, -0.05) is 91.0 Å². The lowest BCUT2D eigenvalue weighted by Gasteiger charge is -2.36. The Balaban J connectivity index is 1.53. The van der Waals surface area contributed by atoms with Crippen molar-refractivity contribution in [1.82, 2.24) is 0 Å². The van der Waals surface area contributed by atoms with Gasteiger partial charge in [-0.25, -0.2) is 4.79 Å². The van der Waals surface area contributed by atoms with Crippen molar-refractivity contribution in [2.75, 3.05) is 13.2 Å². The number of carbonyl (C=O) groups excluding carboxylic acids is 1. The summed E-state index contributed by atoms with van der Waals surface area (Å²) in [6.07, 6.45) is 0.0578. The molecule has 0 aromatic heterocycles. The van der Waals surface area contributed by atoms with Gasteiger partial charge in [-0.05, 0) is 29.7 Å². The molecular weight excluding hydrogens is 456 g/mol. The van der Waals surface area contributed by atoms with E-state index in [2.05, 4.69) is 0 Å². The van der Waals surface area contributed by atoms with E-state index in [-0.39, 0.29) is 19.0 Å². The molecule has 0 amide bonds. The molecular formula is C30H32O6. The smallest absolute Gasteiger partial charge is 0.373 e. The number of benzene rings is 3. The van der Waals surface area contributed by atoms with Crippen molar-refractivity contribution < 1.29 is 28.5 Å². The van der Waals surface area contributed by atoms with Crippen LogP contribution in [0.25, 0.3) is 0 Å². The van der Waals surface area contributed by atoms with Crippen LogP contribution in [0.5, 0.6) is 0 Å². The normalized spacial score (nSPS) is 19.2. The highest BCUT2D eigenvalue weighted by Crippen LogP contribution is 2.26. The fourth-order valence-electron chi connectivity index (χ4n) is 3.92. The van der Waals surface area contributed by atoms with E-state index in [4.69, 9.17) is 23.7 Å². The molecule has 4 rings (SSSR count). The number of rotatable bonds is 12. The summed E-state index contributed by atoms with van der Waals surface area (Å²) in [4.78, 5) is 12.6. The SMILES string of the molecule is CCOC(=O)C1=C[C@H](OCc2ccccc2)[C@@H](OCc2ccccc2)[C@@H](COCc2ccccc2)O1. The summed E-state index contributed by atoms with van der Waals surface area (Å²) >= 11 is 0. The van der Waals surface area contributed by atoms with Crippen LogP contribution in [0.4, 0.5) is 0 Å². The van der Waals surface area contributed by atoms with Crippen LogP contribution in [-0.4, -0.2) is 37.5 Å². The second kappa shape index (κ2) is 13.6. The molecule has 1 heterocycles. The predicted octanol–water partition coefficient (Wildman–Crippen LogP) is 5.22. The lowest BCUT2D eigenvalue weighted by molar-refractivity contribution is -0.167. The summed E-state index contributed by atoms with van der Waals surface area (Å²) in [5.74, 6) is -0.414. The second-order valence-corrected chi connectivity index (χ2v) is 8.43. The molecule has 1 aliphatic rings. The molecule has 0 unspecified atom stereocenters. The molecule has 0 radical (unpaired) electrons. The number of hydrogen-bond acceptors (Lipinski definition) is 6. The van der Waals surface area contributed by atoms with E-state index in [1.54, 1.807) is 13.0 Å². The third kappa shape index (κ3) is 7.52. The third-order valence-electron chi connectivity index (χ3n) is 5.73. The topological polar surface area (TPSA) is 63.2 Å². The lowest BCUT2D eigenvalue weighted by atomic mass is 10.0. The molecule has 36 heavy (non-hydrogen) atoms. The van der Waals surface area contributed by atoms with E-state index in [1.807, 2.05) is 91.0 Å². The molecule has 0 N–H and O–H groups in total. The van der Waals surface area contributed by atoms with Gasteiger partial charge in [-0.2, -0.15) is 0 Å². The number of carbonyl (C=O) groups is 1. The van der Waals surface area contributed by atoms with E-state index >= 15 is 0 Å². The first-order valence-corrected chi connectivity index (χ1v) is 12.2. The molecule has 0 aliphatic carbocycles. The monoisotopic (exact) mass is 488 g/mol. The molecule has 3 atom stereocenters. The van der Waals surface area contributed by atoms with Crippen molar-refractivity contribution in [3.63, 3.8) is 0 Å². The Hall–Kier alpha value is -3.45. The maximum Gasteiger partial charge on any atom is 0.373 e. The molecule has 0 bridgehead atoms. The van der Waals surface area contributed by atoms with Crippen molar-refractivity contribution in [3.8, 4) is 0 Å². The summed E-state index contributed by atoms with van der Waals surface area (Å²) in [5.41, 5.74) is 3.10. The average Bonchev–Trinajstić information content (AvgIpc) is 2.93. The predicted molar refractivity (Wildman–Crippen MR) is 136 cm³/mol. The van der Waals surface area contributed by atoms with Crippen molar-refractivity contribution >= 4 is 5.97 Å². The van der Waals surface area contributed by atoms with Gasteiger partial charge < -0.3 is 23.7 Å². The molecule has 0 fully saturated rings. The van der Waals surface area contributed by atoms with Gasteiger partial charge in [0.05, 0.1) is 33.0 Å². The third-order valence-corrected chi connectivity index (χ3v) is 5.73. The Morgan fingerprint density at radius 3 is 1.83 bits per heavy atom. The largest absolute Gasteiger partial charge is 0.478 e. The number of hydrogen-bond donors (Lipinski definition) is 0. The fraction of sp³-hybridized carbons (Fsp3) is 0.300. The van der Waals surface area contributed by atoms with Crippen LogP contribution in [0, 0.1) is 0 Å². The van der Waals surface area contributed by atoms with Gasteiger partial charge >= 0.3 is 5.97 Å². The quantitative estimate of drug-likeness (QED) is 0.326. The number of ether oxygens (including phenoxy) is 5. The van der Waals surface area contributed by atoms with E-state index in [9.17, 15) is 4.79 Å². The van der Waals surface area contributed by atoms with Crippen LogP contribution in [0.3, 0.4) is 0 Å². The lowest BCUT2D eigenvalue weighted by Crippen LogP contribution is -2.48. The minimum Gasteiger partial charge on any atom is -0.478 e. The summed E-state index contributed by atoms with van der Waals surface area (Å²) in [7, 11) is 0. The Morgan fingerprint density at radius 1 is 0.750 bits per heavy atom. The Kier molecular flexibility index (Phi) is 9.68. The van der Waals surface area contributed by atoms with E-state index in [0.717, 1.165) is 16.7 Å². The summed E-state index contributed by atoms with van der Waals surface area (Å²) < 4.78 is 29.9. The van der Waals surface area contributed by atoms with Gasteiger partial charge in [0.25, 0.3) is 0 Å². The van der Waals surface area contributed by atoms with Gasteiger partial charge in [0.2, 0.25) is 5.76 Å². The molecule has 0 saturated heterocycles. The van der Waals surface area contributed by atoms with E-state index < -0.39 is 24.3 Å². The highest BCUT2D eigenvalue weighted by molar-refractivity contribution is 5.86. The first-order chi connectivity index (χ1) is 17.7. The van der Waals surface area contributed by atoms with Gasteiger partial charge in [0, 0.05) is 0 Å². The van der Waals surface area contributed by atoms with Gasteiger partial charge in [0.15, 0.2) is 6.10 Å². The zero-order valence-electron chi connectivity index (χ0n) is 20.5. The molecule has 0 spiro atoms. The van der Waals surface area contributed by atoms with Gasteiger partial charge in [0.1, 0.15) is 12.2 Å². The highest BCUT2D eigenvalue weighted by Gasteiger charge is 2.39. The summed E-state index contributed by atoms with van der Waals surface area (Å²) in [6, 6.07) is 29.7. The standard InChI is InChI=1S/C30H32O6/c1-2-33-30(31)27-18-26(34-20-24-14-8-4-9-15-24)29(35-21-25-16-10-5-11-17-25)28(36-27)22-32-19-23-12-6-3-7-13-23/h3-18,26,28-29H,2,19-22H2,1H3/t26-,28+,29+/m0/s1. The van der Waals surface area contributed by atoms with Crippen molar-refractivity contribution in [2.24, 2.45) is 0 Å².